The summed E-state index contributed by atoms with van der Waals surface area (Å²) in [6.45, 7) is 2.96. The Kier molecular flexibility index (Phi) is 8.91. The van der Waals surface area contributed by atoms with E-state index in [1.165, 1.54) is 12.4 Å². The second kappa shape index (κ2) is 12.9. The fraction of sp³-hybridized carbons (Fsp3) is 0.103. The lowest BCUT2D eigenvalue weighted by atomic mass is 10.0. The molecular formula is C29H26N6O2S. The summed E-state index contributed by atoms with van der Waals surface area (Å²) in [5.74, 6) is 0.479. The Labute approximate surface area is 224 Å². The number of rotatable bonds is 6. The van der Waals surface area contributed by atoms with Crippen LogP contribution in [0.4, 0.5) is 16.3 Å². The third-order valence-corrected chi connectivity index (χ3v) is 6.60. The minimum absolute atomic E-state index is 0.244. The summed E-state index contributed by atoms with van der Waals surface area (Å²) in [6.07, 6.45) is 2.98. The highest BCUT2D eigenvalue weighted by Crippen LogP contribution is 2.39. The normalized spacial score (nSPS) is 10.1. The van der Waals surface area contributed by atoms with E-state index in [2.05, 4.69) is 25.6 Å². The number of benzene rings is 3. The van der Waals surface area contributed by atoms with Crippen molar-refractivity contribution in [1.82, 2.24) is 15.3 Å². The minimum atomic E-state index is -0.244. The van der Waals surface area contributed by atoms with E-state index in [1.54, 1.807) is 11.3 Å². The quantitative estimate of drug-likeness (QED) is 0.184. The number of thiophene rings is 1. The van der Waals surface area contributed by atoms with Crippen molar-refractivity contribution in [1.29, 1.82) is 0 Å². The number of nitrogens with two attached hydrogens (primary N) is 1. The van der Waals surface area contributed by atoms with E-state index in [9.17, 15) is 9.59 Å². The lowest BCUT2D eigenvalue weighted by Crippen LogP contribution is -2.28. The number of anilines is 2. The molecule has 0 saturated carbocycles. The highest BCUT2D eigenvalue weighted by molar-refractivity contribution is 7.19. The Hall–Kier alpha value is -4.85. The number of aryl methyl sites for hydroxylation is 1. The van der Waals surface area contributed by atoms with Crippen LogP contribution in [0.1, 0.15) is 16.0 Å². The first-order valence-corrected chi connectivity index (χ1v) is 12.6. The van der Waals surface area contributed by atoms with Crippen LogP contribution < -0.4 is 16.4 Å². The predicted octanol–water partition coefficient (Wildman–Crippen LogP) is 6.09. The van der Waals surface area contributed by atoms with Crippen LogP contribution >= 0.6 is 11.3 Å². The van der Waals surface area contributed by atoms with Crippen molar-refractivity contribution >= 4 is 45.2 Å². The number of aliphatic imine (C=N–C) groups is 1. The molecule has 0 atom stereocenters. The predicted molar refractivity (Wildman–Crippen MR) is 153 cm³/mol. The standard InChI is InChI=1S/C21H19N5OS.C8H7NO/c1-13-17(18-19(22)24-12-25-20(18)28-13)15-7-9-16(10-8-15)26-21(27)23-11-14-5-3-2-4-6-14;10-7-9-6-8-4-2-1-3-5-8/h2-10,12H,11H2,1H3,(H2,22,24,25)(H2,23,26,27);1-5H,6H2. The van der Waals surface area contributed by atoms with Crippen molar-refractivity contribution in [2.45, 2.75) is 20.0 Å². The van der Waals surface area contributed by atoms with E-state index in [-0.39, 0.29) is 6.03 Å². The van der Waals surface area contributed by atoms with Gasteiger partial charge in [0.25, 0.3) is 0 Å². The van der Waals surface area contributed by atoms with E-state index in [0.717, 1.165) is 43.0 Å². The number of hydrogen-bond acceptors (Lipinski definition) is 7. The molecule has 9 heteroatoms. The number of aromatic nitrogens is 2. The number of hydrogen-bond donors (Lipinski definition) is 3. The number of fused-ring (bicyclic) bond motifs is 1. The molecule has 4 N–H and O–H groups in total. The lowest BCUT2D eigenvalue weighted by Gasteiger charge is -2.09. The molecule has 0 aliphatic carbocycles. The molecule has 0 unspecified atom stereocenters. The topological polar surface area (TPSA) is 122 Å². The first-order valence-electron chi connectivity index (χ1n) is 11.8. The largest absolute Gasteiger partial charge is 0.383 e. The van der Waals surface area contributed by atoms with Crippen LogP contribution in [-0.2, 0) is 17.9 Å². The van der Waals surface area contributed by atoms with Gasteiger partial charge in [0.15, 0.2) is 0 Å². The fourth-order valence-electron chi connectivity index (χ4n) is 3.79. The van der Waals surface area contributed by atoms with Gasteiger partial charge in [-0.05, 0) is 35.7 Å². The van der Waals surface area contributed by atoms with Crippen molar-refractivity contribution in [3.05, 3.63) is 107 Å². The van der Waals surface area contributed by atoms with Crippen LogP contribution in [0.3, 0.4) is 0 Å². The van der Waals surface area contributed by atoms with Crippen LogP contribution in [0.5, 0.6) is 0 Å². The molecular weight excluding hydrogens is 496 g/mol. The summed E-state index contributed by atoms with van der Waals surface area (Å²) in [7, 11) is 0. The molecule has 3 aromatic carbocycles. The number of urea groups is 1. The average Bonchev–Trinajstić information content (AvgIpc) is 3.30. The van der Waals surface area contributed by atoms with E-state index in [0.29, 0.717) is 18.9 Å². The van der Waals surface area contributed by atoms with E-state index in [4.69, 9.17) is 5.73 Å². The van der Waals surface area contributed by atoms with E-state index >= 15 is 0 Å². The molecule has 2 amide bonds. The first kappa shape index (κ1) is 26.2. The molecule has 0 spiro atoms. The average molecular weight is 523 g/mol. The van der Waals surface area contributed by atoms with Gasteiger partial charge in [0.05, 0.1) is 11.9 Å². The van der Waals surface area contributed by atoms with Gasteiger partial charge in [-0.15, -0.1) is 11.3 Å². The molecule has 0 radical (unpaired) electrons. The zero-order valence-electron chi connectivity index (χ0n) is 20.7. The van der Waals surface area contributed by atoms with Gasteiger partial charge in [-0.2, -0.15) is 0 Å². The van der Waals surface area contributed by atoms with Crippen molar-refractivity contribution < 1.29 is 9.59 Å². The van der Waals surface area contributed by atoms with Gasteiger partial charge in [-0.1, -0.05) is 72.8 Å². The molecule has 0 saturated heterocycles. The van der Waals surface area contributed by atoms with Crippen molar-refractivity contribution in [2.75, 3.05) is 11.1 Å². The highest BCUT2D eigenvalue weighted by Gasteiger charge is 2.15. The highest BCUT2D eigenvalue weighted by atomic mass is 32.1. The van der Waals surface area contributed by atoms with E-state index < -0.39 is 0 Å². The molecule has 0 fully saturated rings. The summed E-state index contributed by atoms with van der Waals surface area (Å²) >= 11 is 1.60. The number of nitrogen functional groups attached to an aromatic ring is 1. The van der Waals surface area contributed by atoms with E-state index in [1.807, 2.05) is 91.9 Å². The summed E-state index contributed by atoms with van der Waals surface area (Å²) in [6, 6.07) is 26.8. The molecule has 190 valence electrons. The Morgan fingerprint density at radius 2 is 1.61 bits per heavy atom. The smallest absolute Gasteiger partial charge is 0.319 e. The van der Waals surface area contributed by atoms with Gasteiger partial charge in [-0.25, -0.2) is 24.5 Å². The van der Waals surface area contributed by atoms with Crippen LogP contribution in [0.15, 0.2) is 96.2 Å². The lowest BCUT2D eigenvalue weighted by molar-refractivity contribution is 0.251. The Morgan fingerprint density at radius 3 is 2.26 bits per heavy atom. The van der Waals surface area contributed by atoms with Crippen LogP contribution in [0, 0.1) is 6.92 Å². The third kappa shape index (κ3) is 6.88. The molecule has 2 aromatic heterocycles. The zero-order valence-corrected chi connectivity index (χ0v) is 21.5. The minimum Gasteiger partial charge on any atom is -0.383 e. The summed E-state index contributed by atoms with van der Waals surface area (Å²) in [5, 5.41) is 6.58. The van der Waals surface area contributed by atoms with Crippen LogP contribution in [0.2, 0.25) is 0 Å². The first-order chi connectivity index (χ1) is 18.5. The number of isocyanates is 1. The second-order valence-electron chi connectivity index (χ2n) is 8.24. The molecule has 38 heavy (non-hydrogen) atoms. The SMILES string of the molecule is Cc1sc2ncnc(N)c2c1-c1ccc(NC(=O)NCc2ccccc2)cc1.O=C=NCc1ccccc1. The van der Waals surface area contributed by atoms with Gasteiger partial charge < -0.3 is 16.4 Å². The maximum atomic E-state index is 12.1. The summed E-state index contributed by atoms with van der Waals surface area (Å²) in [4.78, 5) is 35.7. The molecule has 0 aliphatic rings. The summed E-state index contributed by atoms with van der Waals surface area (Å²) in [5.41, 5.74) is 10.9. The molecule has 8 nitrogen and oxygen atoms in total. The number of carbonyl (C=O) groups excluding carboxylic acids is 2. The van der Waals surface area contributed by atoms with Crippen molar-refractivity contribution in [2.24, 2.45) is 4.99 Å². The maximum absolute atomic E-state index is 12.1. The number of carbonyl (C=O) groups is 1. The van der Waals surface area contributed by atoms with Crippen molar-refractivity contribution in [3.63, 3.8) is 0 Å². The summed E-state index contributed by atoms with van der Waals surface area (Å²) < 4.78 is 0. The Balaban J connectivity index is 0.000000283. The third-order valence-electron chi connectivity index (χ3n) is 5.59. The van der Waals surface area contributed by atoms with Gasteiger partial charge in [0, 0.05) is 22.7 Å². The maximum Gasteiger partial charge on any atom is 0.319 e. The number of amides is 2. The molecule has 0 aliphatic heterocycles. The number of nitrogens with one attached hydrogen (secondary N) is 2. The molecule has 5 rings (SSSR count). The van der Waals surface area contributed by atoms with Crippen molar-refractivity contribution in [3.8, 4) is 11.1 Å². The molecule has 0 bridgehead atoms. The molecule has 5 aromatic rings. The second-order valence-corrected chi connectivity index (χ2v) is 9.44. The van der Waals surface area contributed by atoms with Crippen LogP contribution in [-0.4, -0.2) is 22.1 Å². The van der Waals surface area contributed by atoms with Gasteiger partial charge in [0.1, 0.15) is 17.0 Å². The Morgan fingerprint density at radius 1 is 0.947 bits per heavy atom. The van der Waals surface area contributed by atoms with Gasteiger partial charge >= 0.3 is 6.03 Å². The monoisotopic (exact) mass is 522 g/mol. The van der Waals surface area contributed by atoms with Gasteiger partial charge in [0.2, 0.25) is 6.08 Å². The van der Waals surface area contributed by atoms with Crippen LogP contribution in [0.25, 0.3) is 21.3 Å². The number of nitrogens with zero attached hydrogens (tertiary/aromatic N) is 3. The van der Waals surface area contributed by atoms with Gasteiger partial charge in [-0.3, -0.25) is 0 Å². The zero-order chi connectivity index (χ0) is 26.7. The Bertz CT molecular complexity index is 1550. The molecule has 2 heterocycles. The fourth-order valence-corrected chi connectivity index (χ4v) is 4.82.